The number of rotatable bonds is 4. The van der Waals surface area contributed by atoms with E-state index in [2.05, 4.69) is 4.98 Å². The van der Waals surface area contributed by atoms with Crippen molar-refractivity contribution in [1.29, 1.82) is 0 Å². The number of pyridine rings is 1. The monoisotopic (exact) mass is 292 g/mol. The smallest absolute Gasteiger partial charge is 0.321 e. The number of aliphatic carboxylic acids is 1. The summed E-state index contributed by atoms with van der Waals surface area (Å²) >= 11 is 0. The van der Waals surface area contributed by atoms with E-state index in [9.17, 15) is 9.90 Å². The summed E-state index contributed by atoms with van der Waals surface area (Å²) < 4.78 is 5.43. The number of carbonyl (C=O) groups is 1. The summed E-state index contributed by atoms with van der Waals surface area (Å²) in [6.45, 7) is 7.33. The van der Waals surface area contributed by atoms with Gasteiger partial charge in [-0.2, -0.15) is 0 Å². The Morgan fingerprint density at radius 2 is 2.24 bits per heavy atom. The maximum absolute atomic E-state index is 11.5. The van der Waals surface area contributed by atoms with E-state index in [-0.39, 0.29) is 5.92 Å². The molecule has 0 amide bonds. The number of carboxylic acid groups (broad SMARTS) is 1. The molecule has 21 heavy (non-hydrogen) atoms. The Morgan fingerprint density at radius 1 is 1.52 bits per heavy atom. The molecule has 0 radical (unpaired) electrons. The zero-order valence-corrected chi connectivity index (χ0v) is 13.2. The quantitative estimate of drug-likeness (QED) is 0.923. The molecule has 116 valence electrons. The SMILES string of the molecule is COc1c(C)cnc(CN2CCCC(C)C2C(=O)O)c1C. The second-order valence-corrected chi connectivity index (χ2v) is 5.92. The predicted molar refractivity (Wildman–Crippen MR) is 80.5 cm³/mol. The molecule has 0 aromatic carbocycles. The van der Waals surface area contributed by atoms with Crippen LogP contribution in [-0.2, 0) is 11.3 Å². The lowest BCUT2D eigenvalue weighted by molar-refractivity contribution is -0.147. The summed E-state index contributed by atoms with van der Waals surface area (Å²) in [7, 11) is 1.65. The molecule has 0 saturated carbocycles. The van der Waals surface area contributed by atoms with Crippen LogP contribution in [0.25, 0.3) is 0 Å². The van der Waals surface area contributed by atoms with Crippen LogP contribution in [0.2, 0.25) is 0 Å². The van der Waals surface area contributed by atoms with Crippen LogP contribution in [0.5, 0.6) is 5.75 Å². The number of piperidine rings is 1. The molecule has 1 saturated heterocycles. The molecule has 0 aliphatic carbocycles. The van der Waals surface area contributed by atoms with Gasteiger partial charge in [-0.05, 0) is 39.2 Å². The molecule has 1 fully saturated rings. The van der Waals surface area contributed by atoms with Crippen molar-refractivity contribution in [2.75, 3.05) is 13.7 Å². The van der Waals surface area contributed by atoms with E-state index in [1.807, 2.05) is 25.7 Å². The van der Waals surface area contributed by atoms with Gasteiger partial charge in [-0.1, -0.05) is 6.92 Å². The van der Waals surface area contributed by atoms with Gasteiger partial charge < -0.3 is 9.84 Å². The van der Waals surface area contributed by atoms with Crippen molar-refractivity contribution in [1.82, 2.24) is 9.88 Å². The number of methoxy groups -OCH3 is 1. The van der Waals surface area contributed by atoms with Crippen molar-refractivity contribution in [3.05, 3.63) is 23.0 Å². The first-order valence-electron chi connectivity index (χ1n) is 7.41. The number of hydrogen-bond donors (Lipinski definition) is 1. The molecule has 1 aliphatic heterocycles. The zero-order chi connectivity index (χ0) is 15.6. The van der Waals surface area contributed by atoms with Crippen LogP contribution < -0.4 is 4.74 Å². The summed E-state index contributed by atoms with van der Waals surface area (Å²) in [5.74, 6) is 0.278. The molecule has 1 aromatic rings. The number of aromatic nitrogens is 1. The highest BCUT2D eigenvalue weighted by atomic mass is 16.5. The molecule has 2 atom stereocenters. The van der Waals surface area contributed by atoms with Crippen molar-refractivity contribution in [3.63, 3.8) is 0 Å². The Bertz CT molecular complexity index is 530. The van der Waals surface area contributed by atoms with Gasteiger partial charge in [-0.15, -0.1) is 0 Å². The topological polar surface area (TPSA) is 62.7 Å². The van der Waals surface area contributed by atoms with E-state index in [0.717, 1.165) is 42.0 Å². The fourth-order valence-corrected chi connectivity index (χ4v) is 3.27. The van der Waals surface area contributed by atoms with E-state index in [4.69, 9.17) is 4.74 Å². The average molecular weight is 292 g/mol. The number of hydrogen-bond acceptors (Lipinski definition) is 4. The minimum Gasteiger partial charge on any atom is -0.496 e. The third-order valence-corrected chi connectivity index (χ3v) is 4.39. The standard InChI is InChI=1S/C16H24N2O3/c1-10-6-5-7-18(14(10)16(19)20)9-13-12(3)15(21-4)11(2)8-17-13/h8,10,14H,5-7,9H2,1-4H3,(H,19,20). The molecule has 5 nitrogen and oxygen atoms in total. The van der Waals surface area contributed by atoms with Crippen molar-refractivity contribution in [3.8, 4) is 5.75 Å². The Morgan fingerprint density at radius 3 is 2.86 bits per heavy atom. The highest BCUT2D eigenvalue weighted by Crippen LogP contribution is 2.28. The second kappa shape index (κ2) is 6.43. The maximum Gasteiger partial charge on any atom is 0.321 e. The van der Waals surface area contributed by atoms with Gasteiger partial charge >= 0.3 is 5.97 Å². The van der Waals surface area contributed by atoms with Crippen LogP contribution in [0.1, 0.15) is 36.6 Å². The van der Waals surface area contributed by atoms with Gasteiger partial charge in [0.15, 0.2) is 0 Å². The molecular formula is C16H24N2O3. The Balaban J connectivity index is 2.26. The third-order valence-electron chi connectivity index (χ3n) is 4.39. The molecule has 0 bridgehead atoms. The van der Waals surface area contributed by atoms with Crippen molar-refractivity contribution in [2.24, 2.45) is 5.92 Å². The lowest BCUT2D eigenvalue weighted by Gasteiger charge is -2.37. The van der Waals surface area contributed by atoms with Crippen molar-refractivity contribution >= 4 is 5.97 Å². The molecular weight excluding hydrogens is 268 g/mol. The molecule has 2 rings (SSSR count). The highest BCUT2D eigenvalue weighted by molar-refractivity contribution is 5.74. The van der Waals surface area contributed by atoms with Crippen LogP contribution in [0.3, 0.4) is 0 Å². The third kappa shape index (κ3) is 3.18. The van der Waals surface area contributed by atoms with E-state index in [1.165, 1.54) is 0 Å². The minimum atomic E-state index is -0.737. The summed E-state index contributed by atoms with van der Waals surface area (Å²) in [6, 6.07) is -0.424. The van der Waals surface area contributed by atoms with Gasteiger partial charge in [0.25, 0.3) is 0 Å². The van der Waals surface area contributed by atoms with Gasteiger partial charge in [0, 0.05) is 23.9 Å². The molecule has 0 spiro atoms. The highest BCUT2D eigenvalue weighted by Gasteiger charge is 2.34. The largest absolute Gasteiger partial charge is 0.496 e. The fourth-order valence-electron chi connectivity index (χ4n) is 3.27. The summed E-state index contributed by atoms with van der Waals surface area (Å²) in [5.41, 5.74) is 2.90. The Labute approximate surface area is 125 Å². The van der Waals surface area contributed by atoms with Gasteiger partial charge in [0.2, 0.25) is 0 Å². The first-order chi connectivity index (χ1) is 9.95. The summed E-state index contributed by atoms with van der Waals surface area (Å²) in [5, 5.41) is 9.48. The number of carboxylic acids is 1. The molecule has 2 heterocycles. The number of aryl methyl sites for hydroxylation is 1. The molecule has 1 N–H and O–H groups in total. The Kier molecular flexibility index (Phi) is 4.83. The first-order valence-corrected chi connectivity index (χ1v) is 7.41. The normalized spacial score (nSPS) is 23.0. The van der Waals surface area contributed by atoms with Gasteiger partial charge in [0.05, 0.1) is 12.8 Å². The van der Waals surface area contributed by atoms with Crippen LogP contribution >= 0.6 is 0 Å². The molecule has 5 heteroatoms. The van der Waals surface area contributed by atoms with E-state index in [1.54, 1.807) is 13.3 Å². The average Bonchev–Trinajstić information content (AvgIpc) is 2.42. The van der Waals surface area contributed by atoms with Crippen molar-refractivity contribution in [2.45, 2.75) is 46.2 Å². The maximum atomic E-state index is 11.5. The van der Waals surface area contributed by atoms with Crippen LogP contribution in [0.15, 0.2) is 6.20 Å². The van der Waals surface area contributed by atoms with E-state index >= 15 is 0 Å². The molecule has 2 unspecified atom stereocenters. The van der Waals surface area contributed by atoms with Crippen LogP contribution in [0, 0.1) is 19.8 Å². The minimum absolute atomic E-state index is 0.170. The second-order valence-electron chi connectivity index (χ2n) is 5.92. The molecule has 1 aromatic heterocycles. The molecule has 1 aliphatic rings. The van der Waals surface area contributed by atoms with Gasteiger partial charge in [-0.3, -0.25) is 14.7 Å². The van der Waals surface area contributed by atoms with E-state index in [0.29, 0.717) is 6.54 Å². The summed E-state index contributed by atoms with van der Waals surface area (Å²) in [6.07, 6.45) is 3.80. The predicted octanol–water partition coefficient (Wildman–Crippen LogP) is 2.39. The van der Waals surface area contributed by atoms with E-state index < -0.39 is 12.0 Å². The number of nitrogens with zero attached hydrogens (tertiary/aromatic N) is 2. The number of likely N-dealkylation sites (tertiary alicyclic amines) is 1. The lowest BCUT2D eigenvalue weighted by atomic mass is 9.90. The van der Waals surface area contributed by atoms with Crippen LogP contribution in [0.4, 0.5) is 0 Å². The van der Waals surface area contributed by atoms with Gasteiger partial charge in [0.1, 0.15) is 11.8 Å². The lowest BCUT2D eigenvalue weighted by Crippen LogP contribution is -2.48. The van der Waals surface area contributed by atoms with Crippen molar-refractivity contribution < 1.29 is 14.6 Å². The fraction of sp³-hybridized carbons (Fsp3) is 0.625. The van der Waals surface area contributed by atoms with Gasteiger partial charge in [-0.25, -0.2) is 0 Å². The zero-order valence-electron chi connectivity index (χ0n) is 13.2. The summed E-state index contributed by atoms with van der Waals surface area (Å²) in [4.78, 5) is 18.1. The Hall–Kier alpha value is -1.62. The van der Waals surface area contributed by atoms with Crippen LogP contribution in [-0.4, -0.2) is 40.7 Å². The number of ether oxygens (including phenoxy) is 1. The first kappa shape index (κ1) is 15.8.